The topological polar surface area (TPSA) is 110 Å². The van der Waals surface area contributed by atoms with Crippen LogP contribution in [-0.4, -0.2) is 58.8 Å². The highest BCUT2D eigenvalue weighted by Crippen LogP contribution is 2.54. The van der Waals surface area contributed by atoms with Gasteiger partial charge in [-0.2, -0.15) is 12.6 Å². The summed E-state index contributed by atoms with van der Waals surface area (Å²) >= 11 is 4.01. The molecule has 0 heterocycles. The quantitative estimate of drug-likeness (QED) is 0.424. The molecule has 166 valence electrons. The van der Waals surface area contributed by atoms with Crippen LogP contribution in [0.4, 0.5) is 0 Å². The van der Waals surface area contributed by atoms with Gasteiger partial charge in [-0.05, 0) is 63.2 Å². The highest BCUT2D eigenvalue weighted by molar-refractivity contribution is 7.80. The molecule has 0 spiro atoms. The third-order valence-corrected chi connectivity index (χ3v) is 7.14. The maximum absolute atomic E-state index is 12.0. The molecule has 0 saturated heterocycles. The average Bonchev–Trinajstić information content (AvgIpc) is 2.63. The Hall–Kier alpha value is -1.28. The van der Waals surface area contributed by atoms with Gasteiger partial charge in [-0.3, -0.25) is 14.4 Å². The third kappa shape index (κ3) is 6.60. The molecule has 0 aliphatic heterocycles. The van der Waals surface area contributed by atoms with Crippen molar-refractivity contribution in [1.29, 1.82) is 0 Å². The van der Waals surface area contributed by atoms with E-state index in [2.05, 4.69) is 17.4 Å². The van der Waals surface area contributed by atoms with E-state index in [9.17, 15) is 14.4 Å². The summed E-state index contributed by atoms with van der Waals surface area (Å²) in [6.45, 7) is 2.84. The number of thiol groups is 1. The van der Waals surface area contributed by atoms with E-state index in [-0.39, 0.29) is 12.3 Å². The molecule has 4 aliphatic carbocycles. The summed E-state index contributed by atoms with van der Waals surface area (Å²) in [7, 11) is 1.24. The minimum absolute atomic E-state index is 0.0329. The molecule has 0 aromatic carbocycles. The number of nitrogens with two attached hydrogens (primary N) is 1. The Morgan fingerprint density at radius 1 is 1.14 bits per heavy atom. The first-order valence-electron chi connectivity index (χ1n) is 10.6. The summed E-state index contributed by atoms with van der Waals surface area (Å²) in [6, 6.07) is -0.525. The van der Waals surface area contributed by atoms with Crippen LogP contribution in [0.1, 0.15) is 58.8 Å². The number of carboxylic acids is 1. The lowest BCUT2D eigenvalue weighted by Crippen LogP contribution is -2.55. The van der Waals surface area contributed by atoms with Crippen LogP contribution in [0.25, 0.3) is 0 Å². The van der Waals surface area contributed by atoms with E-state index >= 15 is 0 Å². The molecule has 29 heavy (non-hydrogen) atoms. The Balaban J connectivity index is 0.000000227. The van der Waals surface area contributed by atoms with E-state index in [0.29, 0.717) is 11.3 Å². The van der Waals surface area contributed by atoms with Crippen LogP contribution in [0, 0.1) is 23.7 Å². The normalized spacial score (nSPS) is 31.3. The molecule has 1 unspecified atom stereocenters. The lowest BCUT2D eigenvalue weighted by atomic mass is 9.53. The first-order valence-corrected chi connectivity index (χ1v) is 11.2. The molecule has 4 aliphatic rings. The molecule has 2 atom stereocenters. The van der Waals surface area contributed by atoms with Crippen molar-refractivity contribution in [2.24, 2.45) is 29.4 Å². The largest absolute Gasteiger partial charge is 0.480 e. The average molecular weight is 429 g/mol. The molecule has 4 rings (SSSR count). The number of amides is 1. The molecule has 7 nitrogen and oxygen atoms in total. The fraction of sp³-hybridized carbons (Fsp3) is 0.857. The summed E-state index contributed by atoms with van der Waals surface area (Å²) in [5, 5.41) is 8.80. The van der Waals surface area contributed by atoms with E-state index in [1.54, 1.807) is 13.8 Å². The van der Waals surface area contributed by atoms with E-state index in [1.807, 2.05) is 0 Å². The Labute approximate surface area is 179 Å². The smallest absolute Gasteiger partial charge is 0.323 e. The predicted molar refractivity (Wildman–Crippen MR) is 114 cm³/mol. The molecule has 8 heteroatoms. The second-order valence-electron chi connectivity index (χ2n) is 9.35. The first-order chi connectivity index (χ1) is 13.6. The lowest BCUT2D eigenvalue weighted by Gasteiger charge is -2.55. The van der Waals surface area contributed by atoms with Crippen molar-refractivity contribution < 1.29 is 24.2 Å². The van der Waals surface area contributed by atoms with Gasteiger partial charge in [0.1, 0.15) is 6.54 Å². The lowest BCUT2D eigenvalue weighted by molar-refractivity contribution is -0.150. The van der Waals surface area contributed by atoms with Crippen LogP contribution in [0.3, 0.4) is 0 Å². The van der Waals surface area contributed by atoms with Gasteiger partial charge in [0.15, 0.2) is 0 Å². The van der Waals surface area contributed by atoms with Gasteiger partial charge >= 0.3 is 11.9 Å². The van der Waals surface area contributed by atoms with E-state index < -0.39 is 30.4 Å². The Morgan fingerprint density at radius 3 is 1.97 bits per heavy atom. The summed E-state index contributed by atoms with van der Waals surface area (Å²) in [5.74, 6) is 1.05. The zero-order chi connectivity index (χ0) is 21.8. The van der Waals surface area contributed by atoms with Gasteiger partial charge in [0.25, 0.3) is 0 Å². The van der Waals surface area contributed by atoms with Gasteiger partial charge in [0, 0.05) is 23.3 Å². The van der Waals surface area contributed by atoms with Crippen LogP contribution >= 0.6 is 12.6 Å². The summed E-state index contributed by atoms with van der Waals surface area (Å²) in [4.78, 5) is 35.1. The van der Waals surface area contributed by atoms with Crippen LogP contribution in [0.2, 0.25) is 0 Å². The van der Waals surface area contributed by atoms with Crippen molar-refractivity contribution in [3.63, 3.8) is 0 Å². The number of ether oxygens (including phenoxy) is 1. The maximum atomic E-state index is 12.0. The molecule has 1 amide bonds. The summed E-state index contributed by atoms with van der Waals surface area (Å²) in [6.07, 6.45) is 8.54. The van der Waals surface area contributed by atoms with E-state index in [4.69, 9.17) is 10.8 Å². The van der Waals surface area contributed by atoms with Gasteiger partial charge in [-0.25, -0.2) is 0 Å². The summed E-state index contributed by atoms with van der Waals surface area (Å²) in [5.41, 5.74) is 6.62. The number of hydrogen-bond acceptors (Lipinski definition) is 6. The van der Waals surface area contributed by atoms with Crippen molar-refractivity contribution >= 4 is 30.5 Å². The van der Waals surface area contributed by atoms with Crippen LogP contribution in [0.15, 0.2) is 0 Å². The standard InChI is InChI=1S/C11H19NO5S.C10H17N/c1-7(6-18)11(16)12(5-9(13)14)8(2)4-10(15)17-3;11-10-4-7-1-8(5-10)3-9(2-7)6-10/h7-8,18H,4-6H2,1-3H3,(H,13,14);7-9H,1-6,11H2/t7?,8-;/m1./s1. The fourth-order valence-electron chi connectivity index (χ4n) is 5.57. The molecule has 4 bridgehead atoms. The monoisotopic (exact) mass is 428 g/mol. The first kappa shape index (κ1) is 24.0. The zero-order valence-electron chi connectivity index (χ0n) is 17.8. The van der Waals surface area contributed by atoms with Crippen molar-refractivity contribution in [1.82, 2.24) is 4.90 Å². The molecular weight excluding hydrogens is 392 g/mol. The fourth-order valence-corrected chi connectivity index (χ4v) is 5.73. The third-order valence-electron chi connectivity index (χ3n) is 6.59. The Bertz CT molecular complexity index is 577. The number of carbonyl (C=O) groups is 3. The SMILES string of the molecule is COC(=O)C[C@@H](C)N(CC(=O)O)C(=O)C(C)CS.NC12CC3CC(CC(C3)C1)C2. The van der Waals surface area contributed by atoms with Crippen LogP contribution in [-0.2, 0) is 19.1 Å². The highest BCUT2D eigenvalue weighted by atomic mass is 32.1. The molecule has 0 radical (unpaired) electrons. The number of methoxy groups -OCH3 is 1. The second-order valence-corrected chi connectivity index (χ2v) is 9.72. The number of carbonyl (C=O) groups excluding carboxylic acids is 2. The molecule has 3 N–H and O–H groups in total. The van der Waals surface area contributed by atoms with Crippen molar-refractivity contribution in [2.45, 2.75) is 70.4 Å². The Morgan fingerprint density at radius 2 is 1.62 bits per heavy atom. The molecule has 0 aromatic rings. The van der Waals surface area contributed by atoms with E-state index in [1.165, 1.54) is 50.5 Å². The zero-order valence-corrected chi connectivity index (χ0v) is 18.7. The predicted octanol–water partition coefficient (Wildman–Crippen LogP) is 2.33. The Kier molecular flexibility index (Phi) is 8.40. The van der Waals surface area contributed by atoms with Gasteiger partial charge in [0.05, 0.1) is 13.5 Å². The molecule has 0 aromatic heterocycles. The second kappa shape index (κ2) is 10.2. The highest BCUT2D eigenvalue weighted by Gasteiger charge is 2.48. The van der Waals surface area contributed by atoms with E-state index in [0.717, 1.165) is 17.8 Å². The number of esters is 1. The summed E-state index contributed by atoms with van der Waals surface area (Å²) < 4.78 is 4.50. The van der Waals surface area contributed by atoms with Crippen LogP contribution < -0.4 is 5.73 Å². The van der Waals surface area contributed by atoms with Crippen molar-refractivity contribution in [3.05, 3.63) is 0 Å². The molecule has 4 fully saturated rings. The number of nitrogens with zero attached hydrogens (tertiary/aromatic N) is 1. The minimum Gasteiger partial charge on any atom is -0.480 e. The number of aliphatic carboxylic acids is 1. The maximum Gasteiger partial charge on any atom is 0.323 e. The number of hydrogen-bond donors (Lipinski definition) is 3. The van der Waals surface area contributed by atoms with Gasteiger partial charge < -0.3 is 20.5 Å². The molecular formula is C21H36N2O5S. The molecule has 4 saturated carbocycles. The van der Waals surface area contributed by atoms with Crippen molar-refractivity contribution in [3.8, 4) is 0 Å². The van der Waals surface area contributed by atoms with Gasteiger partial charge in [-0.15, -0.1) is 0 Å². The van der Waals surface area contributed by atoms with Crippen LogP contribution in [0.5, 0.6) is 0 Å². The van der Waals surface area contributed by atoms with Crippen molar-refractivity contribution in [2.75, 3.05) is 19.4 Å². The van der Waals surface area contributed by atoms with Gasteiger partial charge in [-0.1, -0.05) is 6.92 Å². The minimum atomic E-state index is -1.12. The number of rotatable bonds is 7. The van der Waals surface area contributed by atoms with Gasteiger partial charge in [0.2, 0.25) is 5.91 Å². The number of carboxylic acid groups (broad SMARTS) is 1.